The maximum Gasteiger partial charge on any atom is 0.0159 e. The topological polar surface area (TPSA) is 3.24 Å². The van der Waals surface area contributed by atoms with E-state index in [9.17, 15) is 0 Å². The van der Waals surface area contributed by atoms with E-state index in [0.717, 1.165) is 17.2 Å². The zero-order valence-electron chi connectivity index (χ0n) is 8.93. The fourth-order valence-corrected chi connectivity index (χ4v) is 2.69. The molecule has 0 saturated carbocycles. The van der Waals surface area contributed by atoms with Gasteiger partial charge in [0.05, 0.1) is 0 Å². The number of alkyl halides is 1. The molecule has 0 N–H and O–H groups in total. The van der Waals surface area contributed by atoms with Crippen molar-refractivity contribution < 1.29 is 0 Å². The number of likely N-dealkylation sites (tertiary alicyclic amines) is 1. The van der Waals surface area contributed by atoms with Crippen molar-refractivity contribution in [2.24, 2.45) is 11.8 Å². The minimum atomic E-state index is 0.879. The lowest BCUT2D eigenvalue weighted by Gasteiger charge is -2.20. The second kappa shape index (κ2) is 6.02. The zero-order chi connectivity index (χ0) is 9.68. The molecule has 1 fully saturated rings. The molecule has 13 heavy (non-hydrogen) atoms. The van der Waals surface area contributed by atoms with Gasteiger partial charge >= 0.3 is 0 Å². The average molecular weight is 248 g/mol. The number of hydrogen-bond acceptors (Lipinski definition) is 1. The molecule has 1 unspecified atom stereocenters. The molecule has 1 aliphatic heterocycles. The van der Waals surface area contributed by atoms with E-state index in [2.05, 4.69) is 34.7 Å². The van der Waals surface area contributed by atoms with Crippen molar-refractivity contribution in [2.75, 3.05) is 25.0 Å². The maximum absolute atomic E-state index is 3.51. The summed E-state index contributed by atoms with van der Waals surface area (Å²) in [6.07, 6.45) is 4.25. The Kier molecular flexibility index (Phi) is 5.34. The van der Waals surface area contributed by atoms with Crippen LogP contribution in [0.1, 0.15) is 33.1 Å². The van der Waals surface area contributed by atoms with E-state index in [1.165, 1.54) is 38.9 Å². The fraction of sp³-hybridized carbons (Fsp3) is 1.00. The highest BCUT2D eigenvalue weighted by Gasteiger charge is 2.18. The molecule has 0 amide bonds. The van der Waals surface area contributed by atoms with Gasteiger partial charge in [-0.3, -0.25) is 0 Å². The second-order valence-electron chi connectivity index (χ2n) is 4.47. The minimum absolute atomic E-state index is 0.879. The van der Waals surface area contributed by atoms with E-state index in [-0.39, 0.29) is 0 Å². The molecule has 1 aliphatic rings. The SMILES string of the molecule is CC(C)C1CCCN(CCBr)CC1. The Bertz CT molecular complexity index is 136. The van der Waals surface area contributed by atoms with Crippen LogP contribution in [0.3, 0.4) is 0 Å². The standard InChI is InChI=1S/C11H22BrN/c1-10(2)11-4-3-7-13(8-5-11)9-6-12/h10-11H,3-9H2,1-2H3. The first-order valence-corrected chi connectivity index (χ1v) is 6.64. The van der Waals surface area contributed by atoms with Gasteiger partial charge in [-0.25, -0.2) is 0 Å². The predicted molar refractivity (Wildman–Crippen MR) is 62.4 cm³/mol. The molecular weight excluding hydrogens is 226 g/mol. The summed E-state index contributed by atoms with van der Waals surface area (Å²) < 4.78 is 0. The molecular formula is C11H22BrN. The largest absolute Gasteiger partial charge is 0.302 e. The lowest BCUT2D eigenvalue weighted by Crippen LogP contribution is -2.26. The predicted octanol–water partition coefficient (Wildman–Crippen LogP) is 3.14. The van der Waals surface area contributed by atoms with Crippen molar-refractivity contribution in [3.8, 4) is 0 Å². The average Bonchev–Trinajstić information content (AvgIpc) is 2.30. The second-order valence-corrected chi connectivity index (χ2v) is 5.26. The summed E-state index contributed by atoms with van der Waals surface area (Å²) in [4.78, 5) is 2.59. The van der Waals surface area contributed by atoms with Gasteiger partial charge in [-0.1, -0.05) is 29.8 Å². The van der Waals surface area contributed by atoms with Crippen LogP contribution in [0.15, 0.2) is 0 Å². The Morgan fingerprint density at radius 2 is 2.08 bits per heavy atom. The van der Waals surface area contributed by atoms with Crippen LogP contribution in [-0.4, -0.2) is 29.9 Å². The van der Waals surface area contributed by atoms with Gasteiger partial charge in [0.2, 0.25) is 0 Å². The minimum Gasteiger partial charge on any atom is -0.302 e. The number of halogens is 1. The van der Waals surface area contributed by atoms with Crippen LogP contribution in [-0.2, 0) is 0 Å². The maximum atomic E-state index is 3.51. The Hall–Kier alpha value is 0.440. The third-order valence-corrected chi connectivity index (χ3v) is 3.56. The van der Waals surface area contributed by atoms with E-state index in [4.69, 9.17) is 0 Å². The Labute approximate surface area is 91.0 Å². The van der Waals surface area contributed by atoms with Gasteiger partial charge in [0.25, 0.3) is 0 Å². The molecule has 1 rings (SSSR count). The molecule has 0 aromatic rings. The summed E-state index contributed by atoms with van der Waals surface area (Å²) in [6, 6.07) is 0. The van der Waals surface area contributed by atoms with Crippen molar-refractivity contribution in [3.63, 3.8) is 0 Å². The Balaban J connectivity index is 2.30. The number of hydrogen-bond donors (Lipinski definition) is 0. The smallest absolute Gasteiger partial charge is 0.0159 e. The van der Waals surface area contributed by atoms with E-state index in [0.29, 0.717) is 0 Å². The van der Waals surface area contributed by atoms with Crippen molar-refractivity contribution >= 4 is 15.9 Å². The quantitative estimate of drug-likeness (QED) is 0.693. The van der Waals surface area contributed by atoms with Crippen LogP contribution >= 0.6 is 15.9 Å². The fourth-order valence-electron chi connectivity index (χ4n) is 2.19. The van der Waals surface area contributed by atoms with Gasteiger partial charge in [0, 0.05) is 11.9 Å². The molecule has 78 valence electrons. The van der Waals surface area contributed by atoms with Gasteiger partial charge in [0.15, 0.2) is 0 Å². The normalized spacial score (nSPS) is 26.3. The van der Waals surface area contributed by atoms with Crippen LogP contribution in [0.4, 0.5) is 0 Å². The first-order valence-electron chi connectivity index (χ1n) is 5.52. The van der Waals surface area contributed by atoms with Crippen LogP contribution in [0.5, 0.6) is 0 Å². The molecule has 0 bridgehead atoms. The van der Waals surface area contributed by atoms with Crippen LogP contribution in [0.2, 0.25) is 0 Å². The highest BCUT2D eigenvalue weighted by atomic mass is 79.9. The molecule has 0 aromatic carbocycles. The zero-order valence-corrected chi connectivity index (χ0v) is 10.5. The molecule has 0 aliphatic carbocycles. The van der Waals surface area contributed by atoms with Crippen LogP contribution in [0.25, 0.3) is 0 Å². The third-order valence-electron chi connectivity index (χ3n) is 3.21. The molecule has 1 saturated heterocycles. The van der Waals surface area contributed by atoms with Crippen molar-refractivity contribution in [1.29, 1.82) is 0 Å². The number of nitrogens with zero attached hydrogens (tertiary/aromatic N) is 1. The highest BCUT2D eigenvalue weighted by Crippen LogP contribution is 2.24. The molecule has 2 heteroatoms. The van der Waals surface area contributed by atoms with Crippen LogP contribution < -0.4 is 0 Å². The van der Waals surface area contributed by atoms with Crippen molar-refractivity contribution in [3.05, 3.63) is 0 Å². The van der Waals surface area contributed by atoms with Gasteiger partial charge in [-0.15, -0.1) is 0 Å². The molecule has 0 radical (unpaired) electrons. The molecule has 1 heterocycles. The first-order chi connectivity index (χ1) is 6.24. The summed E-state index contributed by atoms with van der Waals surface area (Å²) in [6.45, 7) is 8.59. The highest BCUT2D eigenvalue weighted by molar-refractivity contribution is 9.09. The monoisotopic (exact) mass is 247 g/mol. The van der Waals surface area contributed by atoms with Crippen molar-refractivity contribution in [2.45, 2.75) is 33.1 Å². The number of rotatable bonds is 3. The molecule has 1 nitrogen and oxygen atoms in total. The van der Waals surface area contributed by atoms with Gasteiger partial charge < -0.3 is 4.90 Å². The summed E-state index contributed by atoms with van der Waals surface area (Å²) >= 11 is 3.51. The van der Waals surface area contributed by atoms with Crippen LogP contribution in [0, 0.1) is 11.8 Å². The van der Waals surface area contributed by atoms with Gasteiger partial charge in [-0.05, 0) is 44.2 Å². The van der Waals surface area contributed by atoms with E-state index >= 15 is 0 Å². The summed E-state index contributed by atoms with van der Waals surface area (Å²) in [5.41, 5.74) is 0. The molecule has 1 atom stereocenters. The van der Waals surface area contributed by atoms with E-state index in [1.54, 1.807) is 0 Å². The lowest BCUT2D eigenvalue weighted by molar-refractivity contribution is 0.287. The summed E-state index contributed by atoms with van der Waals surface area (Å²) in [5, 5.41) is 1.12. The molecule has 0 spiro atoms. The summed E-state index contributed by atoms with van der Waals surface area (Å²) in [7, 11) is 0. The van der Waals surface area contributed by atoms with Crippen molar-refractivity contribution in [1.82, 2.24) is 4.90 Å². The Morgan fingerprint density at radius 1 is 1.31 bits per heavy atom. The lowest BCUT2D eigenvalue weighted by atomic mass is 9.89. The van der Waals surface area contributed by atoms with Gasteiger partial charge in [0.1, 0.15) is 0 Å². The summed E-state index contributed by atoms with van der Waals surface area (Å²) in [5.74, 6) is 1.85. The van der Waals surface area contributed by atoms with E-state index in [1.807, 2.05) is 0 Å². The molecule has 0 aromatic heterocycles. The van der Waals surface area contributed by atoms with E-state index < -0.39 is 0 Å². The van der Waals surface area contributed by atoms with Gasteiger partial charge in [-0.2, -0.15) is 0 Å². The first kappa shape index (κ1) is 11.5. The Morgan fingerprint density at radius 3 is 2.69 bits per heavy atom. The third kappa shape index (κ3) is 3.99.